The number of hydrogen-bond acceptors (Lipinski definition) is 3. The van der Waals surface area contributed by atoms with Crippen LogP contribution in [0.5, 0.6) is 5.75 Å². The molecule has 0 fully saturated rings. The van der Waals surface area contributed by atoms with Crippen LogP contribution in [0.4, 0.5) is 0 Å². The Hall–Kier alpha value is -2.24. The van der Waals surface area contributed by atoms with Crippen molar-refractivity contribution >= 4 is 35.0 Å². The molecule has 0 bridgehead atoms. The number of nitrogens with one attached hydrogen (secondary N) is 1. The largest absolute Gasteiger partial charge is 0.497 e. The number of carbonyl (C=O) groups excluding carboxylic acids is 2. The number of amides is 2. The monoisotopic (exact) mass is 436 g/mol. The number of ether oxygens (including phenoxy) is 1. The summed E-state index contributed by atoms with van der Waals surface area (Å²) in [5, 5.41) is 3.70. The van der Waals surface area contributed by atoms with Crippen LogP contribution in [0.3, 0.4) is 0 Å². The maximum absolute atomic E-state index is 13.1. The van der Waals surface area contributed by atoms with Gasteiger partial charge in [0.25, 0.3) is 0 Å². The predicted molar refractivity (Wildman–Crippen MR) is 116 cm³/mol. The second-order valence-corrected chi connectivity index (χ2v) is 7.95. The Morgan fingerprint density at radius 1 is 1.00 bits per heavy atom. The molecule has 2 amide bonds. The summed E-state index contributed by atoms with van der Waals surface area (Å²) >= 11 is 12.0. The van der Waals surface area contributed by atoms with Crippen LogP contribution < -0.4 is 10.1 Å². The van der Waals surface area contributed by atoms with Crippen molar-refractivity contribution in [2.75, 3.05) is 7.11 Å². The lowest BCUT2D eigenvalue weighted by Crippen LogP contribution is -2.49. The molecule has 1 atom stereocenters. The van der Waals surface area contributed by atoms with Gasteiger partial charge in [-0.3, -0.25) is 9.59 Å². The Labute approximate surface area is 181 Å². The zero-order chi connectivity index (χ0) is 21.6. The van der Waals surface area contributed by atoms with E-state index in [1.54, 1.807) is 37.1 Å². The smallest absolute Gasteiger partial charge is 0.242 e. The molecule has 2 aromatic rings. The number of carbonyl (C=O) groups is 2. The molecule has 1 N–H and O–H groups in total. The Kier molecular flexibility index (Phi) is 8.35. The Bertz CT molecular complexity index is 854. The highest BCUT2D eigenvalue weighted by atomic mass is 35.5. The molecule has 0 aliphatic carbocycles. The fraction of sp³-hybridized carbons (Fsp3) is 0.364. The van der Waals surface area contributed by atoms with Crippen molar-refractivity contribution in [2.45, 2.75) is 45.8 Å². The van der Waals surface area contributed by atoms with Crippen LogP contribution in [-0.4, -0.2) is 35.9 Å². The fourth-order valence-electron chi connectivity index (χ4n) is 2.84. The van der Waals surface area contributed by atoms with Gasteiger partial charge in [0, 0.05) is 12.6 Å². The van der Waals surface area contributed by atoms with E-state index in [9.17, 15) is 9.59 Å². The maximum atomic E-state index is 13.1. The number of nitrogens with zero attached hydrogens (tertiary/aromatic N) is 1. The SMILES string of the molecule is COc1ccc(CN(C(=O)Cc2ccc(Cl)c(Cl)c2)C(C)C(=O)NC(C)C)cc1. The van der Waals surface area contributed by atoms with Crippen molar-refractivity contribution in [1.29, 1.82) is 0 Å². The van der Waals surface area contributed by atoms with Crippen molar-refractivity contribution in [3.63, 3.8) is 0 Å². The molecule has 29 heavy (non-hydrogen) atoms. The average molecular weight is 437 g/mol. The Morgan fingerprint density at radius 2 is 1.62 bits per heavy atom. The van der Waals surface area contributed by atoms with Crippen LogP contribution in [-0.2, 0) is 22.6 Å². The van der Waals surface area contributed by atoms with Crippen LogP contribution in [0, 0.1) is 0 Å². The molecule has 1 unspecified atom stereocenters. The van der Waals surface area contributed by atoms with Gasteiger partial charge in [0.15, 0.2) is 0 Å². The van der Waals surface area contributed by atoms with Gasteiger partial charge in [-0.05, 0) is 56.2 Å². The first-order valence-corrected chi connectivity index (χ1v) is 10.1. The van der Waals surface area contributed by atoms with Gasteiger partial charge >= 0.3 is 0 Å². The summed E-state index contributed by atoms with van der Waals surface area (Å²) in [4.78, 5) is 27.3. The third-order valence-electron chi connectivity index (χ3n) is 4.45. The summed E-state index contributed by atoms with van der Waals surface area (Å²) in [5.41, 5.74) is 1.64. The van der Waals surface area contributed by atoms with Gasteiger partial charge in [-0.25, -0.2) is 0 Å². The van der Waals surface area contributed by atoms with Crippen molar-refractivity contribution in [1.82, 2.24) is 10.2 Å². The first-order chi connectivity index (χ1) is 13.7. The van der Waals surface area contributed by atoms with E-state index in [0.717, 1.165) is 16.9 Å². The lowest BCUT2D eigenvalue weighted by atomic mass is 10.1. The summed E-state index contributed by atoms with van der Waals surface area (Å²) in [6.45, 7) is 5.80. The zero-order valence-electron chi connectivity index (χ0n) is 17.0. The number of hydrogen-bond donors (Lipinski definition) is 1. The molecule has 0 radical (unpaired) electrons. The van der Waals surface area contributed by atoms with E-state index in [4.69, 9.17) is 27.9 Å². The summed E-state index contributed by atoms with van der Waals surface area (Å²) in [5.74, 6) is 0.356. The van der Waals surface area contributed by atoms with E-state index in [0.29, 0.717) is 16.6 Å². The molecule has 7 heteroatoms. The first kappa shape index (κ1) is 23.0. The Morgan fingerprint density at radius 3 is 2.17 bits per heavy atom. The molecular weight excluding hydrogens is 411 g/mol. The molecule has 0 heterocycles. The van der Waals surface area contributed by atoms with Crippen LogP contribution >= 0.6 is 23.2 Å². The van der Waals surface area contributed by atoms with E-state index in [1.807, 2.05) is 38.1 Å². The van der Waals surface area contributed by atoms with Crippen LogP contribution in [0.15, 0.2) is 42.5 Å². The second-order valence-electron chi connectivity index (χ2n) is 7.13. The molecule has 2 aromatic carbocycles. The van der Waals surface area contributed by atoms with E-state index in [2.05, 4.69) is 5.32 Å². The summed E-state index contributed by atoms with van der Waals surface area (Å²) < 4.78 is 5.18. The quantitative estimate of drug-likeness (QED) is 0.662. The van der Waals surface area contributed by atoms with Crippen molar-refractivity contribution in [3.8, 4) is 5.75 Å². The van der Waals surface area contributed by atoms with Crippen LogP contribution in [0.25, 0.3) is 0 Å². The third kappa shape index (κ3) is 6.65. The summed E-state index contributed by atoms with van der Waals surface area (Å²) in [6.07, 6.45) is 0.117. The van der Waals surface area contributed by atoms with Crippen LogP contribution in [0.2, 0.25) is 10.0 Å². The summed E-state index contributed by atoms with van der Waals surface area (Å²) in [6, 6.07) is 11.9. The third-order valence-corrected chi connectivity index (χ3v) is 5.19. The average Bonchev–Trinajstić information content (AvgIpc) is 2.68. The zero-order valence-corrected chi connectivity index (χ0v) is 18.6. The molecule has 0 saturated heterocycles. The molecule has 0 spiro atoms. The van der Waals surface area contributed by atoms with E-state index in [-0.39, 0.29) is 24.3 Å². The Balaban J connectivity index is 2.24. The first-order valence-electron chi connectivity index (χ1n) is 9.38. The van der Waals surface area contributed by atoms with Crippen LogP contribution in [0.1, 0.15) is 31.9 Å². The van der Waals surface area contributed by atoms with Gasteiger partial charge < -0.3 is 15.0 Å². The van der Waals surface area contributed by atoms with Gasteiger partial charge in [0.2, 0.25) is 11.8 Å². The summed E-state index contributed by atoms with van der Waals surface area (Å²) in [7, 11) is 1.60. The lowest BCUT2D eigenvalue weighted by Gasteiger charge is -2.29. The molecule has 156 valence electrons. The number of benzene rings is 2. The lowest BCUT2D eigenvalue weighted by molar-refractivity contribution is -0.140. The van der Waals surface area contributed by atoms with Gasteiger partial charge in [-0.15, -0.1) is 0 Å². The minimum Gasteiger partial charge on any atom is -0.497 e. The molecule has 0 aromatic heterocycles. The number of rotatable bonds is 8. The minimum atomic E-state index is -0.630. The van der Waals surface area contributed by atoms with Gasteiger partial charge in [-0.1, -0.05) is 41.4 Å². The van der Waals surface area contributed by atoms with Gasteiger partial charge in [0.05, 0.1) is 23.6 Å². The molecule has 0 saturated carbocycles. The predicted octanol–water partition coefficient (Wildman–Crippen LogP) is 4.49. The standard InChI is InChI=1S/C22H26Cl2N2O3/c1-14(2)25-22(28)15(3)26(13-16-5-8-18(29-4)9-6-16)21(27)12-17-7-10-19(23)20(24)11-17/h5-11,14-15H,12-13H2,1-4H3,(H,25,28). The highest BCUT2D eigenvalue weighted by Crippen LogP contribution is 2.23. The van der Waals surface area contributed by atoms with Crippen molar-refractivity contribution in [3.05, 3.63) is 63.6 Å². The molecule has 2 rings (SSSR count). The molecule has 0 aliphatic heterocycles. The van der Waals surface area contributed by atoms with Crippen molar-refractivity contribution in [2.24, 2.45) is 0 Å². The van der Waals surface area contributed by atoms with E-state index >= 15 is 0 Å². The number of methoxy groups -OCH3 is 1. The normalized spacial score (nSPS) is 11.8. The van der Waals surface area contributed by atoms with E-state index < -0.39 is 6.04 Å². The van der Waals surface area contributed by atoms with E-state index in [1.165, 1.54) is 0 Å². The molecule has 5 nitrogen and oxygen atoms in total. The van der Waals surface area contributed by atoms with Crippen molar-refractivity contribution < 1.29 is 14.3 Å². The highest BCUT2D eigenvalue weighted by Gasteiger charge is 2.26. The maximum Gasteiger partial charge on any atom is 0.242 e. The van der Waals surface area contributed by atoms with Gasteiger partial charge in [-0.2, -0.15) is 0 Å². The number of halogens is 2. The second kappa shape index (κ2) is 10.5. The minimum absolute atomic E-state index is 0.0158. The van der Waals surface area contributed by atoms with Gasteiger partial charge in [0.1, 0.15) is 11.8 Å². The highest BCUT2D eigenvalue weighted by molar-refractivity contribution is 6.42. The topological polar surface area (TPSA) is 58.6 Å². The molecule has 0 aliphatic rings. The fourth-order valence-corrected chi connectivity index (χ4v) is 3.16. The molecular formula is C22H26Cl2N2O3.